The van der Waals surface area contributed by atoms with Gasteiger partial charge in [0.2, 0.25) is 11.1 Å². The van der Waals surface area contributed by atoms with E-state index in [2.05, 4.69) is 34.1 Å². The fourth-order valence-corrected chi connectivity index (χ4v) is 3.32. The highest BCUT2D eigenvalue weighted by molar-refractivity contribution is 7.99. The first-order valence-electron chi connectivity index (χ1n) is 9.12. The lowest BCUT2D eigenvalue weighted by molar-refractivity contribution is -0.113. The smallest absolute Gasteiger partial charge is 0.387 e. The molecule has 3 rings (SSSR count). The zero-order chi connectivity index (χ0) is 21.7. The van der Waals surface area contributed by atoms with Crippen LogP contribution < -0.4 is 15.9 Å². The molecule has 1 heterocycles. The SMILES string of the molecule is CC(C)c1cccc(NC(=O)CSc2nnc(-c3ccc(OC(F)F)cc3)n2N)c1. The van der Waals surface area contributed by atoms with Crippen LogP contribution in [-0.4, -0.2) is 33.1 Å². The topological polar surface area (TPSA) is 95.1 Å². The summed E-state index contributed by atoms with van der Waals surface area (Å²) in [4.78, 5) is 12.3. The zero-order valence-electron chi connectivity index (χ0n) is 16.4. The molecule has 30 heavy (non-hydrogen) atoms. The lowest BCUT2D eigenvalue weighted by Gasteiger charge is -2.09. The maximum Gasteiger partial charge on any atom is 0.387 e. The molecule has 0 spiro atoms. The van der Waals surface area contributed by atoms with Gasteiger partial charge >= 0.3 is 6.61 Å². The summed E-state index contributed by atoms with van der Waals surface area (Å²) in [6.07, 6.45) is 0. The van der Waals surface area contributed by atoms with Crippen molar-refractivity contribution in [3.05, 3.63) is 54.1 Å². The van der Waals surface area contributed by atoms with Crippen LogP contribution in [0, 0.1) is 0 Å². The predicted octanol–water partition coefficient (Wildman–Crippen LogP) is 4.11. The predicted molar refractivity (Wildman–Crippen MR) is 112 cm³/mol. The third-order valence-electron chi connectivity index (χ3n) is 4.17. The number of carbonyl (C=O) groups excluding carboxylic acids is 1. The molecule has 3 aromatic rings. The third-order valence-corrected chi connectivity index (χ3v) is 5.11. The normalized spacial score (nSPS) is 11.1. The van der Waals surface area contributed by atoms with Crippen molar-refractivity contribution in [2.24, 2.45) is 0 Å². The molecule has 0 aliphatic carbocycles. The van der Waals surface area contributed by atoms with Gasteiger partial charge in [-0.25, -0.2) is 4.68 Å². The minimum atomic E-state index is -2.89. The number of benzene rings is 2. The highest BCUT2D eigenvalue weighted by Crippen LogP contribution is 2.25. The van der Waals surface area contributed by atoms with Crippen LogP contribution in [0.1, 0.15) is 25.3 Å². The summed E-state index contributed by atoms with van der Waals surface area (Å²) >= 11 is 1.14. The molecule has 0 radical (unpaired) electrons. The van der Waals surface area contributed by atoms with Crippen LogP contribution in [0.4, 0.5) is 14.5 Å². The number of rotatable bonds is 8. The van der Waals surface area contributed by atoms with Gasteiger partial charge in [0, 0.05) is 11.3 Å². The van der Waals surface area contributed by atoms with Crippen molar-refractivity contribution in [2.45, 2.75) is 31.5 Å². The minimum absolute atomic E-state index is 0.0321. The van der Waals surface area contributed by atoms with Crippen LogP contribution >= 0.6 is 11.8 Å². The van der Waals surface area contributed by atoms with Crippen LogP contribution in [0.15, 0.2) is 53.7 Å². The largest absolute Gasteiger partial charge is 0.435 e. The second-order valence-corrected chi connectivity index (χ2v) is 7.64. The molecular weight excluding hydrogens is 412 g/mol. The van der Waals surface area contributed by atoms with Crippen molar-refractivity contribution < 1.29 is 18.3 Å². The van der Waals surface area contributed by atoms with Gasteiger partial charge in [-0.15, -0.1) is 10.2 Å². The lowest BCUT2D eigenvalue weighted by Crippen LogP contribution is -2.16. The van der Waals surface area contributed by atoms with E-state index in [0.717, 1.165) is 23.0 Å². The number of alkyl halides is 2. The minimum Gasteiger partial charge on any atom is -0.435 e. The van der Waals surface area contributed by atoms with Crippen LogP contribution in [0.3, 0.4) is 0 Å². The van der Waals surface area contributed by atoms with Gasteiger partial charge in [-0.3, -0.25) is 4.79 Å². The average molecular weight is 433 g/mol. The average Bonchev–Trinajstić information content (AvgIpc) is 3.07. The fraction of sp³-hybridized carbons (Fsp3) is 0.250. The van der Waals surface area contributed by atoms with E-state index >= 15 is 0 Å². The number of nitrogens with one attached hydrogen (secondary N) is 1. The summed E-state index contributed by atoms with van der Waals surface area (Å²) in [5, 5.41) is 11.2. The highest BCUT2D eigenvalue weighted by atomic mass is 32.2. The van der Waals surface area contributed by atoms with Crippen molar-refractivity contribution in [1.82, 2.24) is 14.9 Å². The summed E-state index contributed by atoms with van der Waals surface area (Å²) in [5.41, 5.74) is 2.44. The van der Waals surface area contributed by atoms with Crippen molar-refractivity contribution >= 4 is 23.4 Å². The Labute approximate surface area is 176 Å². The number of halogens is 2. The maximum atomic E-state index is 12.3. The second kappa shape index (κ2) is 9.57. The number of amides is 1. The molecule has 158 valence electrons. The summed E-state index contributed by atoms with van der Waals surface area (Å²) in [6.45, 7) is 1.28. The number of anilines is 1. The van der Waals surface area contributed by atoms with Gasteiger partial charge in [-0.2, -0.15) is 8.78 Å². The molecule has 0 saturated carbocycles. The molecule has 1 amide bonds. The Morgan fingerprint density at radius 1 is 1.20 bits per heavy atom. The summed E-state index contributed by atoms with van der Waals surface area (Å²) in [5.74, 6) is 6.67. The van der Waals surface area contributed by atoms with Crippen LogP contribution in [0.25, 0.3) is 11.4 Å². The summed E-state index contributed by atoms with van der Waals surface area (Å²) in [7, 11) is 0. The molecule has 0 bridgehead atoms. The number of hydrogen-bond donors (Lipinski definition) is 2. The fourth-order valence-electron chi connectivity index (χ4n) is 2.66. The van der Waals surface area contributed by atoms with Gasteiger partial charge in [0.1, 0.15) is 5.75 Å². The first kappa shape index (κ1) is 21.6. The molecule has 0 fully saturated rings. The second-order valence-electron chi connectivity index (χ2n) is 6.70. The molecule has 10 heteroatoms. The van der Waals surface area contributed by atoms with Crippen molar-refractivity contribution in [3.63, 3.8) is 0 Å². The number of thioether (sulfide) groups is 1. The van der Waals surface area contributed by atoms with Crippen LogP contribution in [0.2, 0.25) is 0 Å². The Bertz CT molecular complexity index is 1010. The van der Waals surface area contributed by atoms with E-state index < -0.39 is 6.61 Å². The molecule has 0 saturated heterocycles. The summed E-state index contributed by atoms with van der Waals surface area (Å²) < 4.78 is 30.1. The maximum absolute atomic E-state index is 12.3. The van der Waals surface area contributed by atoms with Gasteiger partial charge in [-0.05, 0) is 47.9 Å². The quantitative estimate of drug-likeness (QED) is 0.410. The third kappa shape index (κ3) is 5.47. The highest BCUT2D eigenvalue weighted by Gasteiger charge is 2.15. The number of carbonyl (C=O) groups is 1. The Kier molecular flexibility index (Phi) is 6.88. The van der Waals surface area contributed by atoms with Gasteiger partial charge in [0.25, 0.3) is 0 Å². The van der Waals surface area contributed by atoms with Crippen molar-refractivity contribution in [3.8, 4) is 17.1 Å². The van der Waals surface area contributed by atoms with E-state index in [-0.39, 0.29) is 17.4 Å². The molecule has 0 aliphatic rings. The van der Waals surface area contributed by atoms with E-state index in [0.29, 0.717) is 22.5 Å². The number of hydrogen-bond acceptors (Lipinski definition) is 6. The standard InChI is InChI=1S/C20H21F2N5O2S/c1-12(2)14-4-3-5-15(10-14)24-17(28)11-30-20-26-25-18(27(20)23)13-6-8-16(9-7-13)29-19(21)22/h3-10,12,19H,11,23H2,1-2H3,(H,24,28). The van der Waals surface area contributed by atoms with Gasteiger partial charge < -0.3 is 15.9 Å². The Morgan fingerprint density at radius 2 is 1.93 bits per heavy atom. The first-order chi connectivity index (χ1) is 14.3. The lowest BCUT2D eigenvalue weighted by atomic mass is 10.0. The van der Waals surface area contributed by atoms with Gasteiger partial charge in [-0.1, -0.05) is 37.7 Å². The molecule has 7 nitrogen and oxygen atoms in total. The van der Waals surface area contributed by atoms with E-state index in [9.17, 15) is 13.6 Å². The van der Waals surface area contributed by atoms with E-state index in [1.165, 1.54) is 16.8 Å². The number of ether oxygens (including phenoxy) is 1. The molecule has 0 unspecified atom stereocenters. The molecule has 0 aliphatic heterocycles. The Hall–Kier alpha value is -3.14. The first-order valence-corrected chi connectivity index (χ1v) is 10.1. The number of nitrogen functional groups attached to an aromatic ring is 1. The number of nitrogens with zero attached hydrogens (tertiary/aromatic N) is 3. The Morgan fingerprint density at radius 3 is 2.60 bits per heavy atom. The molecule has 1 aromatic heterocycles. The number of nitrogens with two attached hydrogens (primary N) is 1. The van der Waals surface area contributed by atoms with E-state index in [1.807, 2.05) is 24.3 Å². The number of aromatic nitrogens is 3. The van der Waals surface area contributed by atoms with Crippen LogP contribution in [-0.2, 0) is 4.79 Å². The van der Waals surface area contributed by atoms with Gasteiger partial charge in [0.05, 0.1) is 5.75 Å². The van der Waals surface area contributed by atoms with Crippen molar-refractivity contribution in [1.29, 1.82) is 0 Å². The molecular formula is C20H21F2N5O2S. The monoisotopic (exact) mass is 433 g/mol. The van der Waals surface area contributed by atoms with Crippen molar-refractivity contribution in [2.75, 3.05) is 16.9 Å². The molecule has 0 atom stereocenters. The molecule has 3 N–H and O–H groups in total. The zero-order valence-corrected chi connectivity index (χ0v) is 17.2. The van der Waals surface area contributed by atoms with E-state index in [1.54, 1.807) is 12.1 Å². The van der Waals surface area contributed by atoms with E-state index in [4.69, 9.17) is 5.84 Å². The van der Waals surface area contributed by atoms with Crippen LogP contribution in [0.5, 0.6) is 5.75 Å². The Balaban J connectivity index is 1.61. The molecule has 2 aromatic carbocycles. The summed E-state index contributed by atoms with van der Waals surface area (Å²) in [6, 6.07) is 13.6. The van der Waals surface area contributed by atoms with Gasteiger partial charge in [0.15, 0.2) is 5.82 Å².